The number of amidine groups is 1. The zero-order valence-corrected chi connectivity index (χ0v) is 11.6. The summed E-state index contributed by atoms with van der Waals surface area (Å²) < 4.78 is 10.7. The summed E-state index contributed by atoms with van der Waals surface area (Å²) in [5.74, 6) is 0.136. The fourth-order valence-corrected chi connectivity index (χ4v) is 2.79. The fourth-order valence-electron chi connectivity index (χ4n) is 2.79. The standard InChI is InChI=1S/C13H23N3O4/c14-11(16-18)13(3-6-19-7-4-13)12(17)15-8-10-2-1-5-20-9-10/h10,18H,1-9H2,(H2,14,16)(H,15,17). The van der Waals surface area contributed by atoms with Crippen LogP contribution in [0.4, 0.5) is 0 Å². The molecule has 20 heavy (non-hydrogen) atoms. The van der Waals surface area contributed by atoms with E-state index in [4.69, 9.17) is 20.4 Å². The van der Waals surface area contributed by atoms with Crippen molar-refractivity contribution in [3.05, 3.63) is 0 Å². The van der Waals surface area contributed by atoms with Crippen molar-refractivity contribution < 1.29 is 19.5 Å². The second-order valence-electron chi connectivity index (χ2n) is 5.47. The Labute approximate surface area is 118 Å². The molecule has 0 aromatic rings. The number of ether oxygens (including phenoxy) is 2. The van der Waals surface area contributed by atoms with Crippen molar-refractivity contribution in [2.45, 2.75) is 25.7 Å². The number of nitrogens with one attached hydrogen (secondary N) is 1. The highest BCUT2D eigenvalue weighted by Crippen LogP contribution is 2.31. The van der Waals surface area contributed by atoms with Gasteiger partial charge < -0.3 is 25.7 Å². The number of carbonyl (C=O) groups is 1. The third-order valence-corrected chi connectivity index (χ3v) is 4.18. The van der Waals surface area contributed by atoms with Crippen molar-refractivity contribution in [3.63, 3.8) is 0 Å². The molecule has 2 aliphatic rings. The molecule has 2 rings (SSSR count). The molecule has 2 saturated heterocycles. The minimum absolute atomic E-state index is 0.0294. The zero-order valence-electron chi connectivity index (χ0n) is 11.6. The molecule has 0 spiro atoms. The number of rotatable bonds is 4. The molecule has 4 N–H and O–H groups in total. The van der Waals surface area contributed by atoms with E-state index in [9.17, 15) is 4.79 Å². The summed E-state index contributed by atoms with van der Waals surface area (Å²) >= 11 is 0. The van der Waals surface area contributed by atoms with E-state index in [0.29, 0.717) is 45.1 Å². The van der Waals surface area contributed by atoms with Crippen molar-refractivity contribution in [1.29, 1.82) is 0 Å². The van der Waals surface area contributed by atoms with Crippen LogP contribution in [-0.4, -0.2) is 49.9 Å². The molecule has 0 bridgehead atoms. The first-order valence-corrected chi connectivity index (χ1v) is 7.11. The van der Waals surface area contributed by atoms with Gasteiger partial charge in [0.05, 0.1) is 6.61 Å². The topological polar surface area (TPSA) is 106 Å². The summed E-state index contributed by atoms with van der Waals surface area (Å²) in [6, 6.07) is 0. The molecule has 7 nitrogen and oxygen atoms in total. The van der Waals surface area contributed by atoms with Gasteiger partial charge in [0.25, 0.3) is 0 Å². The Kier molecular flexibility index (Phi) is 5.19. The number of hydrogen-bond donors (Lipinski definition) is 3. The normalized spacial score (nSPS) is 27.0. The molecule has 7 heteroatoms. The highest BCUT2D eigenvalue weighted by molar-refractivity contribution is 6.06. The molecule has 2 fully saturated rings. The lowest BCUT2D eigenvalue weighted by Crippen LogP contribution is -2.53. The molecular formula is C13H23N3O4. The maximum absolute atomic E-state index is 12.5. The number of hydrogen-bond acceptors (Lipinski definition) is 5. The summed E-state index contributed by atoms with van der Waals surface area (Å²) in [4.78, 5) is 12.5. The summed E-state index contributed by atoms with van der Waals surface area (Å²) in [5, 5.41) is 14.9. The van der Waals surface area contributed by atoms with E-state index >= 15 is 0 Å². The van der Waals surface area contributed by atoms with Crippen molar-refractivity contribution in [2.24, 2.45) is 22.2 Å². The second-order valence-corrected chi connectivity index (χ2v) is 5.47. The average Bonchev–Trinajstić information content (AvgIpc) is 2.53. The number of oxime groups is 1. The van der Waals surface area contributed by atoms with E-state index < -0.39 is 5.41 Å². The SMILES string of the molecule is NC(=NO)C1(C(=O)NCC2CCCOC2)CCOCC1. The third kappa shape index (κ3) is 3.21. The van der Waals surface area contributed by atoms with Crippen molar-refractivity contribution in [3.8, 4) is 0 Å². The Morgan fingerprint density at radius 2 is 2.10 bits per heavy atom. The Balaban J connectivity index is 1.96. The van der Waals surface area contributed by atoms with Crippen LogP contribution in [0.15, 0.2) is 5.16 Å². The third-order valence-electron chi connectivity index (χ3n) is 4.18. The summed E-state index contributed by atoms with van der Waals surface area (Å²) in [6.07, 6.45) is 2.96. The van der Waals surface area contributed by atoms with Gasteiger partial charge in [-0.15, -0.1) is 0 Å². The number of nitrogens with zero attached hydrogens (tertiary/aromatic N) is 1. The van der Waals surface area contributed by atoms with Gasteiger partial charge in [0.1, 0.15) is 5.41 Å². The predicted octanol–water partition coefficient (Wildman–Crippen LogP) is 0.0724. The molecule has 0 aromatic carbocycles. The predicted molar refractivity (Wildman–Crippen MR) is 72.4 cm³/mol. The van der Waals surface area contributed by atoms with Crippen molar-refractivity contribution >= 4 is 11.7 Å². The molecule has 2 heterocycles. The smallest absolute Gasteiger partial charge is 0.234 e. The van der Waals surface area contributed by atoms with Crippen molar-refractivity contribution in [1.82, 2.24) is 5.32 Å². The lowest BCUT2D eigenvalue weighted by atomic mass is 9.78. The monoisotopic (exact) mass is 285 g/mol. The highest BCUT2D eigenvalue weighted by Gasteiger charge is 2.44. The van der Waals surface area contributed by atoms with Gasteiger partial charge in [-0.1, -0.05) is 5.16 Å². The zero-order chi connectivity index (χ0) is 14.4. The fraction of sp³-hybridized carbons (Fsp3) is 0.846. The average molecular weight is 285 g/mol. The Bertz CT molecular complexity index is 361. The molecule has 2 aliphatic heterocycles. The van der Waals surface area contributed by atoms with Gasteiger partial charge in [0, 0.05) is 26.4 Å². The van der Waals surface area contributed by atoms with Crippen LogP contribution in [0, 0.1) is 11.3 Å². The molecule has 1 amide bonds. The molecular weight excluding hydrogens is 262 g/mol. The second kappa shape index (κ2) is 6.90. The van der Waals surface area contributed by atoms with E-state index in [0.717, 1.165) is 19.4 Å². The number of amides is 1. The number of carbonyl (C=O) groups excluding carboxylic acids is 1. The van der Waals surface area contributed by atoms with Crippen LogP contribution in [0.1, 0.15) is 25.7 Å². The Hall–Kier alpha value is -1.34. The number of nitrogens with two attached hydrogens (primary N) is 1. The van der Waals surface area contributed by atoms with Gasteiger partial charge in [-0.05, 0) is 31.6 Å². The lowest BCUT2D eigenvalue weighted by Gasteiger charge is -2.35. The Morgan fingerprint density at radius 1 is 1.35 bits per heavy atom. The van der Waals surface area contributed by atoms with Gasteiger partial charge in [-0.3, -0.25) is 4.79 Å². The minimum Gasteiger partial charge on any atom is -0.409 e. The van der Waals surface area contributed by atoms with E-state index in [1.165, 1.54) is 0 Å². The van der Waals surface area contributed by atoms with Crippen LogP contribution in [0.25, 0.3) is 0 Å². The lowest BCUT2D eigenvalue weighted by molar-refractivity contribution is -0.132. The van der Waals surface area contributed by atoms with Crippen LogP contribution in [0.2, 0.25) is 0 Å². The van der Waals surface area contributed by atoms with Gasteiger partial charge >= 0.3 is 0 Å². The molecule has 0 aromatic heterocycles. The molecule has 0 saturated carbocycles. The van der Waals surface area contributed by atoms with Gasteiger partial charge in [0.15, 0.2) is 5.84 Å². The van der Waals surface area contributed by atoms with Crippen LogP contribution < -0.4 is 11.1 Å². The molecule has 0 radical (unpaired) electrons. The summed E-state index contributed by atoms with van der Waals surface area (Å²) in [5.41, 5.74) is 4.81. The summed E-state index contributed by atoms with van der Waals surface area (Å²) in [6.45, 7) is 2.93. The first-order chi connectivity index (χ1) is 9.69. The van der Waals surface area contributed by atoms with Crippen molar-refractivity contribution in [2.75, 3.05) is 33.0 Å². The van der Waals surface area contributed by atoms with Crippen LogP contribution in [-0.2, 0) is 14.3 Å². The van der Waals surface area contributed by atoms with Crippen LogP contribution in [0.5, 0.6) is 0 Å². The van der Waals surface area contributed by atoms with E-state index in [1.54, 1.807) is 0 Å². The van der Waals surface area contributed by atoms with E-state index in [1.807, 2.05) is 0 Å². The quantitative estimate of drug-likeness (QED) is 0.293. The van der Waals surface area contributed by atoms with E-state index in [-0.39, 0.29) is 11.7 Å². The maximum atomic E-state index is 12.5. The maximum Gasteiger partial charge on any atom is 0.234 e. The van der Waals surface area contributed by atoms with Crippen LogP contribution >= 0.6 is 0 Å². The molecule has 114 valence electrons. The molecule has 0 aliphatic carbocycles. The largest absolute Gasteiger partial charge is 0.409 e. The minimum atomic E-state index is -0.942. The molecule has 1 atom stereocenters. The van der Waals surface area contributed by atoms with Crippen LogP contribution in [0.3, 0.4) is 0 Å². The van der Waals surface area contributed by atoms with E-state index in [2.05, 4.69) is 10.5 Å². The van der Waals surface area contributed by atoms with Gasteiger partial charge in [-0.2, -0.15) is 0 Å². The first-order valence-electron chi connectivity index (χ1n) is 7.11. The first kappa shape index (κ1) is 15.1. The Morgan fingerprint density at radius 3 is 2.70 bits per heavy atom. The van der Waals surface area contributed by atoms with Gasteiger partial charge in [-0.25, -0.2) is 0 Å². The molecule has 1 unspecified atom stereocenters. The van der Waals surface area contributed by atoms with Gasteiger partial charge in [0.2, 0.25) is 5.91 Å². The summed E-state index contributed by atoms with van der Waals surface area (Å²) in [7, 11) is 0. The highest BCUT2D eigenvalue weighted by atomic mass is 16.5.